The molecular formula is C25H25ClN6O5S. The van der Waals surface area contributed by atoms with Crippen LogP contribution in [0.15, 0.2) is 70.7 Å². The molecule has 11 nitrogen and oxygen atoms in total. The molecule has 1 saturated heterocycles. The number of amides is 1. The second-order valence-electron chi connectivity index (χ2n) is 8.71. The number of hydrogen-bond donors (Lipinski definition) is 1. The summed E-state index contributed by atoms with van der Waals surface area (Å²) in [6.45, 7) is 2.19. The van der Waals surface area contributed by atoms with Crippen LogP contribution in [0.3, 0.4) is 0 Å². The van der Waals surface area contributed by atoms with Crippen LogP contribution in [0.1, 0.15) is 15.9 Å². The number of halogens is 1. The summed E-state index contributed by atoms with van der Waals surface area (Å²) in [5.41, 5.74) is 1.41. The molecule has 1 amide bonds. The normalized spacial score (nSPS) is 14.6. The molecule has 1 N–H and O–H groups in total. The molecule has 5 rings (SSSR count). The number of benzene rings is 2. The Morgan fingerprint density at radius 2 is 1.87 bits per heavy atom. The number of aromatic nitrogens is 4. The number of carbonyl (C=O) groups excluding carboxylic acids is 1. The standard InChI is InChI=1S/C25H25ClN6O5S/c26-20-3-1-2-18(14-20)16-30-17-28-23-22(25(30)34)15-29-32(23)9-8-27-24(33)19-4-6-21(7-5-19)38(35,36)31-10-12-37-13-11-31/h1-7,14-15,17H,8-13,16H2,(H,27,33). The van der Waals surface area contributed by atoms with E-state index in [2.05, 4.69) is 15.4 Å². The van der Waals surface area contributed by atoms with Gasteiger partial charge in [-0.1, -0.05) is 23.7 Å². The molecule has 0 aliphatic carbocycles. The second kappa shape index (κ2) is 11.0. The largest absolute Gasteiger partial charge is 0.379 e. The fourth-order valence-corrected chi connectivity index (χ4v) is 5.82. The van der Waals surface area contributed by atoms with Gasteiger partial charge in [-0.15, -0.1) is 0 Å². The van der Waals surface area contributed by atoms with Gasteiger partial charge in [-0.2, -0.15) is 9.40 Å². The first-order valence-corrected chi connectivity index (χ1v) is 13.8. The maximum absolute atomic E-state index is 12.9. The van der Waals surface area contributed by atoms with Gasteiger partial charge < -0.3 is 10.1 Å². The Morgan fingerprint density at radius 3 is 2.61 bits per heavy atom. The van der Waals surface area contributed by atoms with Crippen molar-refractivity contribution in [1.29, 1.82) is 0 Å². The van der Waals surface area contributed by atoms with Gasteiger partial charge in [0.15, 0.2) is 5.65 Å². The molecule has 0 unspecified atom stereocenters. The van der Waals surface area contributed by atoms with Crippen LogP contribution in [0.5, 0.6) is 0 Å². The molecule has 0 atom stereocenters. The summed E-state index contributed by atoms with van der Waals surface area (Å²) in [7, 11) is -3.63. The molecule has 13 heteroatoms. The van der Waals surface area contributed by atoms with Crippen molar-refractivity contribution in [3.8, 4) is 0 Å². The Labute approximate surface area is 223 Å². The number of morpholine rings is 1. The van der Waals surface area contributed by atoms with E-state index in [1.165, 1.54) is 45.7 Å². The zero-order valence-electron chi connectivity index (χ0n) is 20.3. The molecule has 0 radical (unpaired) electrons. The summed E-state index contributed by atoms with van der Waals surface area (Å²) in [5, 5.41) is 8.01. The Balaban J connectivity index is 1.21. The predicted octanol–water partition coefficient (Wildman–Crippen LogP) is 1.75. The van der Waals surface area contributed by atoms with Gasteiger partial charge in [0.25, 0.3) is 11.5 Å². The summed E-state index contributed by atoms with van der Waals surface area (Å²) in [4.78, 5) is 30.0. The van der Waals surface area contributed by atoms with Crippen LogP contribution in [0.4, 0.5) is 0 Å². The van der Waals surface area contributed by atoms with Crippen molar-refractivity contribution in [3.05, 3.63) is 87.6 Å². The van der Waals surface area contributed by atoms with Crippen LogP contribution in [-0.4, -0.2) is 70.8 Å². The van der Waals surface area contributed by atoms with Crippen molar-refractivity contribution in [2.24, 2.45) is 0 Å². The first-order valence-electron chi connectivity index (χ1n) is 11.9. The Kier molecular flexibility index (Phi) is 7.56. The zero-order valence-corrected chi connectivity index (χ0v) is 21.9. The van der Waals surface area contributed by atoms with Crippen LogP contribution in [0.2, 0.25) is 5.02 Å². The van der Waals surface area contributed by atoms with E-state index in [9.17, 15) is 18.0 Å². The Hall–Kier alpha value is -3.58. The Bertz CT molecular complexity index is 1630. The van der Waals surface area contributed by atoms with E-state index in [-0.39, 0.29) is 22.9 Å². The third-order valence-electron chi connectivity index (χ3n) is 6.20. The van der Waals surface area contributed by atoms with E-state index in [1.807, 2.05) is 12.1 Å². The minimum Gasteiger partial charge on any atom is -0.379 e. The number of nitrogens with zero attached hydrogens (tertiary/aromatic N) is 5. The lowest BCUT2D eigenvalue weighted by Crippen LogP contribution is -2.40. The lowest BCUT2D eigenvalue weighted by atomic mass is 10.2. The molecule has 198 valence electrons. The van der Waals surface area contributed by atoms with Crippen molar-refractivity contribution < 1.29 is 17.9 Å². The van der Waals surface area contributed by atoms with Crippen molar-refractivity contribution >= 4 is 38.6 Å². The zero-order chi connectivity index (χ0) is 26.7. The number of hydrogen-bond acceptors (Lipinski definition) is 7. The highest BCUT2D eigenvalue weighted by molar-refractivity contribution is 7.89. The summed E-state index contributed by atoms with van der Waals surface area (Å²) < 4.78 is 35.1. The van der Waals surface area contributed by atoms with E-state index in [0.717, 1.165) is 5.56 Å². The minimum atomic E-state index is -3.63. The van der Waals surface area contributed by atoms with Gasteiger partial charge in [-0.25, -0.2) is 18.1 Å². The van der Waals surface area contributed by atoms with Crippen molar-refractivity contribution in [2.75, 3.05) is 32.8 Å². The van der Waals surface area contributed by atoms with Crippen LogP contribution in [-0.2, 0) is 27.8 Å². The van der Waals surface area contributed by atoms with Crippen molar-refractivity contribution in [1.82, 2.24) is 29.0 Å². The van der Waals surface area contributed by atoms with Crippen molar-refractivity contribution in [2.45, 2.75) is 18.0 Å². The SMILES string of the molecule is O=C(NCCn1ncc2c(=O)n(Cc3cccc(Cl)c3)cnc21)c1ccc(S(=O)(=O)N2CCOCC2)cc1. The lowest BCUT2D eigenvalue weighted by molar-refractivity contribution is 0.0730. The maximum atomic E-state index is 12.9. The van der Waals surface area contributed by atoms with Gasteiger partial charge in [0.1, 0.15) is 11.7 Å². The number of carbonyl (C=O) groups is 1. The molecule has 0 bridgehead atoms. The quantitative estimate of drug-likeness (QED) is 0.350. The molecule has 4 aromatic rings. The molecule has 38 heavy (non-hydrogen) atoms. The predicted molar refractivity (Wildman–Crippen MR) is 141 cm³/mol. The average molecular weight is 557 g/mol. The molecule has 2 aromatic heterocycles. The number of sulfonamides is 1. The average Bonchev–Trinajstić information content (AvgIpc) is 3.34. The van der Waals surface area contributed by atoms with Gasteiger partial charge in [-0.05, 0) is 42.0 Å². The highest BCUT2D eigenvalue weighted by Gasteiger charge is 2.26. The first kappa shape index (κ1) is 26.0. The van der Waals surface area contributed by atoms with Gasteiger partial charge in [0.2, 0.25) is 10.0 Å². The van der Waals surface area contributed by atoms with E-state index < -0.39 is 10.0 Å². The smallest absolute Gasteiger partial charge is 0.264 e. The van der Waals surface area contributed by atoms with Crippen LogP contribution >= 0.6 is 11.6 Å². The third-order valence-corrected chi connectivity index (χ3v) is 8.35. The van der Waals surface area contributed by atoms with Gasteiger partial charge in [0, 0.05) is 30.2 Å². The topological polar surface area (TPSA) is 128 Å². The highest BCUT2D eigenvalue weighted by atomic mass is 35.5. The summed E-state index contributed by atoms with van der Waals surface area (Å²) >= 11 is 6.04. The minimum absolute atomic E-state index is 0.131. The summed E-state index contributed by atoms with van der Waals surface area (Å²) in [6.07, 6.45) is 2.93. The van der Waals surface area contributed by atoms with Gasteiger partial charge in [-0.3, -0.25) is 14.2 Å². The summed E-state index contributed by atoms with van der Waals surface area (Å²) in [5.74, 6) is -0.353. The highest BCUT2D eigenvalue weighted by Crippen LogP contribution is 2.18. The number of nitrogens with one attached hydrogen (secondary N) is 1. The number of rotatable bonds is 8. The van der Waals surface area contributed by atoms with E-state index in [4.69, 9.17) is 16.3 Å². The number of fused-ring (bicyclic) bond motifs is 1. The molecule has 2 aromatic carbocycles. The summed E-state index contributed by atoms with van der Waals surface area (Å²) in [6, 6.07) is 13.1. The number of ether oxygens (including phenoxy) is 1. The van der Waals surface area contributed by atoms with Crippen molar-refractivity contribution in [3.63, 3.8) is 0 Å². The van der Waals surface area contributed by atoms with Crippen LogP contribution in [0.25, 0.3) is 11.0 Å². The lowest BCUT2D eigenvalue weighted by Gasteiger charge is -2.26. The second-order valence-corrected chi connectivity index (χ2v) is 11.1. The van der Waals surface area contributed by atoms with E-state index in [1.54, 1.807) is 16.8 Å². The van der Waals surface area contributed by atoms with E-state index in [0.29, 0.717) is 61.0 Å². The third kappa shape index (κ3) is 5.48. The van der Waals surface area contributed by atoms with Crippen LogP contribution in [0, 0.1) is 0 Å². The molecule has 1 aliphatic rings. The molecule has 0 spiro atoms. The van der Waals surface area contributed by atoms with E-state index >= 15 is 0 Å². The van der Waals surface area contributed by atoms with Gasteiger partial charge in [0.05, 0.1) is 37.4 Å². The van der Waals surface area contributed by atoms with Gasteiger partial charge >= 0.3 is 0 Å². The fourth-order valence-electron chi connectivity index (χ4n) is 4.20. The Morgan fingerprint density at radius 1 is 1.11 bits per heavy atom. The maximum Gasteiger partial charge on any atom is 0.264 e. The molecular weight excluding hydrogens is 532 g/mol. The molecule has 0 saturated carbocycles. The molecule has 1 aliphatic heterocycles. The molecule has 1 fully saturated rings. The first-order chi connectivity index (χ1) is 18.3. The monoisotopic (exact) mass is 556 g/mol. The fraction of sp³-hybridized carbons (Fsp3) is 0.280. The van der Waals surface area contributed by atoms with Crippen LogP contribution < -0.4 is 10.9 Å². The molecule has 3 heterocycles.